The van der Waals surface area contributed by atoms with E-state index in [1.807, 2.05) is 0 Å². The molecule has 0 fully saturated rings. The summed E-state index contributed by atoms with van der Waals surface area (Å²) < 4.78 is 5.20. The molecule has 1 heterocycles. The number of hydrogen-bond donors (Lipinski definition) is 0. The van der Waals surface area contributed by atoms with Crippen molar-refractivity contribution in [1.82, 2.24) is 4.98 Å². The van der Waals surface area contributed by atoms with E-state index < -0.39 is 4.92 Å². The van der Waals surface area contributed by atoms with Gasteiger partial charge in [-0.25, -0.2) is 0 Å². The zero-order chi connectivity index (χ0) is 9.84. The van der Waals surface area contributed by atoms with Crippen LogP contribution in [0.4, 0.5) is 5.82 Å². The highest BCUT2D eigenvalue weighted by Gasteiger charge is 2.15. The van der Waals surface area contributed by atoms with Gasteiger partial charge < -0.3 is 14.9 Å². The van der Waals surface area contributed by atoms with Gasteiger partial charge in [-0.15, -0.1) is 0 Å². The Bertz CT molecular complexity index is 312. The van der Waals surface area contributed by atoms with Crippen molar-refractivity contribution in [3.8, 4) is 5.75 Å². The van der Waals surface area contributed by atoms with E-state index in [-0.39, 0.29) is 17.7 Å². The molecule has 5 heteroatoms. The molecule has 1 aromatic heterocycles. The van der Waals surface area contributed by atoms with Crippen molar-refractivity contribution in [1.29, 1.82) is 0 Å². The average molecular weight is 182 g/mol. The number of pyridine rings is 1. The number of hydrogen-bond acceptors (Lipinski definition) is 4. The third kappa shape index (κ3) is 2.40. The normalized spacial score (nSPS) is 10.1. The van der Waals surface area contributed by atoms with Gasteiger partial charge in [-0.3, -0.25) is 0 Å². The first-order valence-electron chi connectivity index (χ1n) is 3.87. The Morgan fingerprint density at radius 1 is 1.62 bits per heavy atom. The smallest absolute Gasteiger partial charge is 0.406 e. The summed E-state index contributed by atoms with van der Waals surface area (Å²) in [4.78, 5) is 13.5. The number of nitro groups is 1. The molecule has 1 rings (SSSR count). The Balaban J connectivity index is 2.98. The van der Waals surface area contributed by atoms with E-state index in [1.54, 1.807) is 19.9 Å². The molecule has 1 aromatic rings. The van der Waals surface area contributed by atoms with Crippen molar-refractivity contribution in [2.24, 2.45) is 0 Å². The summed E-state index contributed by atoms with van der Waals surface area (Å²) in [6.07, 6.45) is 1.27. The Kier molecular flexibility index (Phi) is 2.79. The van der Waals surface area contributed by atoms with Gasteiger partial charge in [-0.1, -0.05) is 0 Å². The van der Waals surface area contributed by atoms with Gasteiger partial charge in [0.05, 0.1) is 6.10 Å². The molecule has 0 saturated heterocycles. The summed E-state index contributed by atoms with van der Waals surface area (Å²) in [6.45, 7) is 3.60. The Hall–Kier alpha value is -1.65. The topological polar surface area (TPSA) is 65.3 Å². The van der Waals surface area contributed by atoms with Crippen LogP contribution < -0.4 is 4.74 Å². The quantitative estimate of drug-likeness (QED) is 0.527. The van der Waals surface area contributed by atoms with Crippen LogP contribution in [0, 0.1) is 10.1 Å². The first-order chi connectivity index (χ1) is 6.11. The maximum absolute atomic E-state index is 10.5. The second-order valence-corrected chi connectivity index (χ2v) is 2.75. The predicted octanol–water partition coefficient (Wildman–Crippen LogP) is 1.78. The summed E-state index contributed by atoms with van der Waals surface area (Å²) in [6, 6.07) is 3.13. The lowest BCUT2D eigenvalue weighted by atomic mass is 10.4. The Morgan fingerprint density at radius 2 is 2.31 bits per heavy atom. The standard InChI is InChI=1S/C8H10N2O3/c1-6(2)13-7-4-3-5-9-8(7)10(11)12/h3-6H,1-2H3. The molecule has 0 amide bonds. The van der Waals surface area contributed by atoms with E-state index in [0.29, 0.717) is 0 Å². The number of aromatic nitrogens is 1. The summed E-state index contributed by atoms with van der Waals surface area (Å²) in [5.74, 6) is -0.0290. The minimum atomic E-state index is -0.558. The van der Waals surface area contributed by atoms with Gasteiger partial charge in [0.1, 0.15) is 6.20 Å². The van der Waals surface area contributed by atoms with Crippen LogP contribution >= 0.6 is 0 Å². The molecule has 0 saturated carbocycles. The van der Waals surface area contributed by atoms with Crippen LogP contribution in [0.1, 0.15) is 13.8 Å². The van der Waals surface area contributed by atoms with Gasteiger partial charge in [0.25, 0.3) is 0 Å². The fourth-order valence-corrected chi connectivity index (χ4v) is 0.865. The Morgan fingerprint density at radius 3 is 2.85 bits per heavy atom. The van der Waals surface area contributed by atoms with Gasteiger partial charge in [0.2, 0.25) is 5.75 Å². The number of nitrogens with zero attached hydrogens (tertiary/aromatic N) is 2. The highest BCUT2D eigenvalue weighted by molar-refractivity contribution is 5.38. The lowest BCUT2D eigenvalue weighted by molar-refractivity contribution is -0.390. The predicted molar refractivity (Wildman–Crippen MR) is 46.7 cm³/mol. The van der Waals surface area contributed by atoms with Gasteiger partial charge in [-0.2, -0.15) is 0 Å². The van der Waals surface area contributed by atoms with E-state index in [0.717, 1.165) is 0 Å². The molecule has 0 N–H and O–H groups in total. The van der Waals surface area contributed by atoms with E-state index in [4.69, 9.17) is 4.74 Å². The minimum Gasteiger partial charge on any atom is -0.483 e. The van der Waals surface area contributed by atoms with Crippen LogP contribution in [0.5, 0.6) is 5.75 Å². The molecule has 0 aromatic carbocycles. The van der Waals surface area contributed by atoms with Crippen LogP contribution in [-0.4, -0.2) is 16.0 Å². The summed E-state index contributed by atoms with van der Waals surface area (Å²) >= 11 is 0. The molecular formula is C8H10N2O3. The molecule has 0 radical (unpaired) electrons. The minimum absolute atomic E-state index is 0.0945. The van der Waals surface area contributed by atoms with Gasteiger partial charge in [-0.05, 0) is 35.9 Å². The average Bonchev–Trinajstić information content (AvgIpc) is 2.03. The van der Waals surface area contributed by atoms with E-state index >= 15 is 0 Å². The highest BCUT2D eigenvalue weighted by atomic mass is 16.6. The lowest BCUT2D eigenvalue weighted by Gasteiger charge is -2.08. The van der Waals surface area contributed by atoms with E-state index in [1.165, 1.54) is 12.3 Å². The van der Waals surface area contributed by atoms with Crippen LogP contribution in [-0.2, 0) is 0 Å². The van der Waals surface area contributed by atoms with Crippen LogP contribution in [0.2, 0.25) is 0 Å². The molecule has 0 atom stereocenters. The summed E-state index contributed by atoms with van der Waals surface area (Å²) in [5.41, 5.74) is 0. The van der Waals surface area contributed by atoms with Crippen LogP contribution in [0.15, 0.2) is 18.3 Å². The molecule has 0 unspecified atom stereocenters. The van der Waals surface area contributed by atoms with Crippen LogP contribution in [0.3, 0.4) is 0 Å². The number of ether oxygens (including phenoxy) is 1. The van der Waals surface area contributed by atoms with Crippen molar-refractivity contribution in [2.45, 2.75) is 20.0 Å². The largest absolute Gasteiger partial charge is 0.483 e. The maximum atomic E-state index is 10.5. The molecule has 0 aliphatic rings. The van der Waals surface area contributed by atoms with Gasteiger partial charge >= 0.3 is 5.82 Å². The molecule has 0 bridgehead atoms. The number of rotatable bonds is 3. The fraction of sp³-hybridized carbons (Fsp3) is 0.375. The van der Waals surface area contributed by atoms with Gasteiger partial charge in [0.15, 0.2) is 0 Å². The van der Waals surface area contributed by atoms with Crippen molar-refractivity contribution in [3.05, 3.63) is 28.4 Å². The molecule has 0 aliphatic carbocycles. The second kappa shape index (κ2) is 3.84. The monoisotopic (exact) mass is 182 g/mol. The first kappa shape index (κ1) is 9.44. The summed E-state index contributed by atoms with van der Waals surface area (Å²) in [7, 11) is 0. The third-order valence-corrected chi connectivity index (χ3v) is 1.29. The van der Waals surface area contributed by atoms with E-state index in [9.17, 15) is 10.1 Å². The first-order valence-corrected chi connectivity index (χ1v) is 3.87. The molecule has 70 valence electrons. The maximum Gasteiger partial charge on any atom is 0.406 e. The van der Waals surface area contributed by atoms with Gasteiger partial charge in [0, 0.05) is 0 Å². The molecule has 5 nitrogen and oxygen atoms in total. The summed E-state index contributed by atoms with van der Waals surface area (Å²) in [5, 5.41) is 10.5. The van der Waals surface area contributed by atoms with Crippen molar-refractivity contribution < 1.29 is 9.66 Å². The highest BCUT2D eigenvalue weighted by Crippen LogP contribution is 2.23. The zero-order valence-corrected chi connectivity index (χ0v) is 7.43. The zero-order valence-electron chi connectivity index (χ0n) is 7.43. The van der Waals surface area contributed by atoms with E-state index in [2.05, 4.69) is 4.98 Å². The third-order valence-electron chi connectivity index (χ3n) is 1.29. The van der Waals surface area contributed by atoms with Crippen LogP contribution in [0.25, 0.3) is 0 Å². The fourth-order valence-electron chi connectivity index (χ4n) is 0.865. The molecule has 13 heavy (non-hydrogen) atoms. The molecule has 0 spiro atoms. The molecular weight excluding hydrogens is 172 g/mol. The molecule has 0 aliphatic heterocycles. The lowest BCUT2D eigenvalue weighted by Crippen LogP contribution is -2.07. The second-order valence-electron chi connectivity index (χ2n) is 2.75. The van der Waals surface area contributed by atoms with Crippen molar-refractivity contribution >= 4 is 5.82 Å². The van der Waals surface area contributed by atoms with Crippen molar-refractivity contribution in [2.75, 3.05) is 0 Å². The van der Waals surface area contributed by atoms with Crippen molar-refractivity contribution in [3.63, 3.8) is 0 Å². The SMILES string of the molecule is CC(C)Oc1cccnc1[N+](=O)[O-]. The Labute approximate surface area is 75.5 Å².